The van der Waals surface area contributed by atoms with Crippen LogP contribution in [0.4, 0.5) is 23.0 Å². The molecule has 4 rings (SSSR count). The minimum atomic E-state index is -3.82. The first kappa shape index (κ1) is 17.0. The zero-order chi connectivity index (χ0) is 19.0. The number of nitrogens with zero attached hydrogens (tertiary/aromatic N) is 2. The van der Waals surface area contributed by atoms with E-state index in [1.807, 2.05) is 0 Å². The minimum Gasteiger partial charge on any atom is -0.360 e. The predicted molar refractivity (Wildman–Crippen MR) is 98.3 cm³/mol. The lowest BCUT2D eigenvalue weighted by Crippen LogP contribution is -2.14. The molecule has 3 heterocycles. The number of pyridine rings is 1. The number of fused-ring (bicyclic) bond motifs is 1. The quantitative estimate of drug-likeness (QED) is 0.615. The molecule has 1 aliphatic rings. The average Bonchev–Trinajstić information content (AvgIpc) is 3.20. The molecule has 0 spiro atoms. The number of nitrogens with one attached hydrogen (secondary N) is 3. The van der Waals surface area contributed by atoms with E-state index < -0.39 is 10.0 Å². The molecular weight excluding hydrogens is 370 g/mol. The molecule has 10 heteroatoms. The summed E-state index contributed by atoms with van der Waals surface area (Å²) < 4.78 is 32.5. The summed E-state index contributed by atoms with van der Waals surface area (Å²) in [5, 5.41) is 9.48. The van der Waals surface area contributed by atoms with Gasteiger partial charge in [0.25, 0.3) is 10.0 Å². The number of carbonyl (C=O) groups excluding carboxylic acids is 1. The Morgan fingerprint density at radius 2 is 2.00 bits per heavy atom. The van der Waals surface area contributed by atoms with Gasteiger partial charge in [0.2, 0.25) is 5.91 Å². The van der Waals surface area contributed by atoms with Crippen LogP contribution in [-0.2, 0) is 21.2 Å². The fraction of sp³-hybridized carbons (Fsp3) is 0.118. The lowest BCUT2D eigenvalue weighted by molar-refractivity contribution is -0.115. The Morgan fingerprint density at radius 1 is 1.15 bits per heavy atom. The molecule has 0 fully saturated rings. The molecule has 138 valence electrons. The molecule has 0 unspecified atom stereocenters. The first-order valence-corrected chi connectivity index (χ1v) is 9.49. The molecule has 27 heavy (non-hydrogen) atoms. The van der Waals surface area contributed by atoms with Gasteiger partial charge in [0.1, 0.15) is 11.6 Å². The van der Waals surface area contributed by atoms with Crippen LogP contribution >= 0.6 is 0 Å². The summed E-state index contributed by atoms with van der Waals surface area (Å²) in [6.07, 6.45) is 1.64. The highest BCUT2D eigenvalue weighted by atomic mass is 32.2. The van der Waals surface area contributed by atoms with Crippen molar-refractivity contribution in [2.45, 2.75) is 18.2 Å². The van der Waals surface area contributed by atoms with Gasteiger partial charge in [-0.2, -0.15) is 0 Å². The lowest BCUT2D eigenvalue weighted by atomic mass is 10.2. The van der Waals surface area contributed by atoms with Crippen LogP contribution in [0.15, 0.2) is 52.0 Å². The number of carbonyl (C=O) groups is 1. The fourth-order valence-electron chi connectivity index (χ4n) is 2.67. The standard InChI is InChI=1S/C17H15N5O4S/c1-10-6-16(21-26-10)19-12-2-5-15(18-9-12)22-27(24,25)13-3-4-14-11(7-13)8-17(23)20-14/h2-7,9H,8H2,1H3,(H,18,22)(H,19,21)(H,20,23). The van der Waals surface area contributed by atoms with Gasteiger partial charge in [-0.15, -0.1) is 0 Å². The van der Waals surface area contributed by atoms with Crippen molar-refractivity contribution in [1.82, 2.24) is 10.1 Å². The number of rotatable bonds is 5. The fourth-order valence-corrected chi connectivity index (χ4v) is 3.73. The molecule has 3 N–H and O–H groups in total. The predicted octanol–water partition coefficient (Wildman–Crippen LogP) is 2.42. The van der Waals surface area contributed by atoms with Crippen LogP contribution in [0.1, 0.15) is 11.3 Å². The van der Waals surface area contributed by atoms with Gasteiger partial charge in [0.05, 0.1) is 23.2 Å². The van der Waals surface area contributed by atoms with Crippen molar-refractivity contribution in [3.63, 3.8) is 0 Å². The van der Waals surface area contributed by atoms with Crippen LogP contribution in [-0.4, -0.2) is 24.5 Å². The molecule has 0 saturated carbocycles. The second-order valence-corrected chi connectivity index (χ2v) is 7.71. The third-order valence-corrected chi connectivity index (χ3v) is 5.27. The third kappa shape index (κ3) is 3.60. The van der Waals surface area contributed by atoms with E-state index in [-0.39, 0.29) is 23.0 Å². The minimum absolute atomic E-state index is 0.0693. The molecular formula is C17H15N5O4S. The van der Waals surface area contributed by atoms with E-state index in [1.54, 1.807) is 25.1 Å². The van der Waals surface area contributed by atoms with Gasteiger partial charge in [0.15, 0.2) is 5.82 Å². The first-order chi connectivity index (χ1) is 12.9. The van der Waals surface area contributed by atoms with E-state index in [4.69, 9.17) is 4.52 Å². The number of benzene rings is 1. The number of aromatic nitrogens is 2. The van der Waals surface area contributed by atoms with Crippen LogP contribution in [0.5, 0.6) is 0 Å². The second kappa shape index (κ2) is 6.40. The van der Waals surface area contributed by atoms with Gasteiger partial charge >= 0.3 is 0 Å². The van der Waals surface area contributed by atoms with Gasteiger partial charge in [0, 0.05) is 11.8 Å². The largest absolute Gasteiger partial charge is 0.360 e. The van der Waals surface area contributed by atoms with Crippen LogP contribution in [0, 0.1) is 6.92 Å². The smallest absolute Gasteiger partial charge is 0.263 e. The molecule has 1 amide bonds. The summed E-state index contributed by atoms with van der Waals surface area (Å²) in [7, 11) is -3.82. The van der Waals surface area contributed by atoms with Gasteiger partial charge in [-0.3, -0.25) is 9.52 Å². The summed E-state index contributed by atoms with van der Waals surface area (Å²) >= 11 is 0. The number of aryl methyl sites for hydroxylation is 1. The first-order valence-electron chi connectivity index (χ1n) is 8.01. The van der Waals surface area contributed by atoms with Gasteiger partial charge in [-0.1, -0.05) is 5.16 Å². The van der Waals surface area contributed by atoms with Crippen molar-refractivity contribution >= 4 is 38.9 Å². The van der Waals surface area contributed by atoms with Crippen molar-refractivity contribution in [3.8, 4) is 0 Å². The summed E-state index contributed by atoms with van der Waals surface area (Å²) in [4.78, 5) is 15.6. The summed E-state index contributed by atoms with van der Waals surface area (Å²) in [6, 6.07) is 9.43. The van der Waals surface area contributed by atoms with E-state index in [0.717, 1.165) is 0 Å². The highest BCUT2D eigenvalue weighted by molar-refractivity contribution is 7.92. The Balaban J connectivity index is 1.49. The third-order valence-electron chi connectivity index (χ3n) is 3.91. The van der Waals surface area contributed by atoms with E-state index >= 15 is 0 Å². The van der Waals surface area contributed by atoms with E-state index in [1.165, 1.54) is 24.4 Å². The SMILES string of the molecule is Cc1cc(Nc2ccc(NS(=O)(=O)c3ccc4c(c3)CC(=O)N4)nc2)no1. The second-order valence-electron chi connectivity index (χ2n) is 6.03. The Kier molecular flexibility index (Phi) is 4.04. The number of sulfonamides is 1. The van der Waals surface area contributed by atoms with Crippen molar-refractivity contribution in [3.05, 3.63) is 53.9 Å². The normalized spacial score (nSPS) is 13.1. The van der Waals surface area contributed by atoms with Crippen LogP contribution < -0.4 is 15.4 Å². The zero-order valence-corrected chi connectivity index (χ0v) is 15.0. The number of anilines is 4. The van der Waals surface area contributed by atoms with E-state index in [9.17, 15) is 13.2 Å². The van der Waals surface area contributed by atoms with E-state index in [0.29, 0.717) is 28.5 Å². The number of hydrogen-bond donors (Lipinski definition) is 3. The van der Waals surface area contributed by atoms with Gasteiger partial charge in [-0.25, -0.2) is 13.4 Å². The van der Waals surface area contributed by atoms with Crippen molar-refractivity contribution < 1.29 is 17.7 Å². The van der Waals surface area contributed by atoms with Gasteiger partial charge in [-0.05, 0) is 42.8 Å². The van der Waals surface area contributed by atoms with Crippen LogP contribution in [0.3, 0.4) is 0 Å². The highest BCUT2D eigenvalue weighted by Gasteiger charge is 2.22. The molecule has 3 aromatic rings. The Hall–Kier alpha value is -3.40. The molecule has 0 bridgehead atoms. The molecule has 0 saturated heterocycles. The topological polar surface area (TPSA) is 126 Å². The van der Waals surface area contributed by atoms with Crippen molar-refractivity contribution in [2.75, 3.05) is 15.4 Å². The molecule has 2 aromatic heterocycles. The molecule has 9 nitrogen and oxygen atoms in total. The Bertz CT molecular complexity index is 1120. The monoisotopic (exact) mass is 385 g/mol. The molecule has 1 aromatic carbocycles. The van der Waals surface area contributed by atoms with Crippen LogP contribution in [0.2, 0.25) is 0 Å². The molecule has 1 aliphatic heterocycles. The Labute approximate surface area is 154 Å². The zero-order valence-electron chi connectivity index (χ0n) is 14.2. The van der Waals surface area contributed by atoms with Crippen LogP contribution in [0.25, 0.3) is 0 Å². The maximum Gasteiger partial charge on any atom is 0.263 e. The molecule has 0 aliphatic carbocycles. The maximum absolute atomic E-state index is 12.6. The van der Waals surface area contributed by atoms with Crippen molar-refractivity contribution in [2.24, 2.45) is 0 Å². The highest BCUT2D eigenvalue weighted by Crippen LogP contribution is 2.26. The summed E-state index contributed by atoms with van der Waals surface area (Å²) in [6.45, 7) is 1.78. The maximum atomic E-state index is 12.6. The number of amides is 1. The molecule has 0 atom stereocenters. The summed E-state index contributed by atoms with van der Waals surface area (Å²) in [5.74, 6) is 1.22. The van der Waals surface area contributed by atoms with Gasteiger partial charge < -0.3 is 15.2 Å². The summed E-state index contributed by atoms with van der Waals surface area (Å²) in [5.41, 5.74) is 1.92. The Morgan fingerprint density at radius 3 is 2.70 bits per heavy atom. The van der Waals surface area contributed by atoms with E-state index in [2.05, 4.69) is 25.5 Å². The number of hydrogen-bond acceptors (Lipinski definition) is 7. The lowest BCUT2D eigenvalue weighted by Gasteiger charge is -2.09. The average molecular weight is 385 g/mol. The molecule has 0 radical (unpaired) electrons. The van der Waals surface area contributed by atoms with Crippen molar-refractivity contribution in [1.29, 1.82) is 0 Å².